The van der Waals surface area contributed by atoms with Crippen molar-refractivity contribution in [2.24, 2.45) is 0 Å². The van der Waals surface area contributed by atoms with Gasteiger partial charge in [0.25, 0.3) is 17.7 Å². The van der Waals surface area contributed by atoms with Crippen molar-refractivity contribution in [1.82, 2.24) is 16.2 Å². The molecule has 2 rings (SSSR count). The largest absolute Gasteiger partial charge is 0.493 e. The first kappa shape index (κ1) is 22.7. The maximum atomic E-state index is 13.5. The summed E-state index contributed by atoms with van der Waals surface area (Å²) in [5.74, 6) is -1.79. The fraction of sp³-hybridized carbons (Fsp3) is 0.286. The number of halogens is 1. The molecule has 0 aliphatic rings. The number of ether oxygens (including phenoxy) is 2. The van der Waals surface area contributed by atoms with Crippen LogP contribution in [0.5, 0.6) is 11.5 Å². The first-order valence-electron chi connectivity index (χ1n) is 9.39. The van der Waals surface area contributed by atoms with Crippen molar-refractivity contribution in [2.75, 3.05) is 20.3 Å². The van der Waals surface area contributed by atoms with Crippen LogP contribution >= 0.6 is 0 Å². The first-order valence-corrected chi connectivity index (χ1v) is 9.39. The zero-order chi connectivity index (χ0) is 21.9. The van der Waals surface area contributed by atoms with E-state index in [0.29, 0.717) is 18.1 Å². The van der Waals surface area contributed by atoms with Crippen LogP contribution in [0.4, 0.5) is 4.39 Å². The summed E-state index contributed by atoms with van der Waals surface area (Å²) in [7, 11) is 1.46. The van der Waals surface area contributed by atoms with Gasteiger partial charge in [0, 0.05) is 5.56 Å². The smallest absolute Gasteiger partial charge is 0.269 e. The second-order valence-corrected chi connectivity index (χ2v) is 6.23. The maximum Gasteiger partial charge on any atom is 0.269 e. The van der Waals surface area contributed by atoms with E-state index in [1.165, 1.54) is 37.4 Å². The summed E-state index contributed by atoms with van der Waals surface area (Å²) in [6, 6.07) is 10.0. The average molecular weight is 417 g/mol. The quantitative estimate of drug-likeness (QED) is 0.429. The Hall–Kier alpha value is -3.62. The SMILES string of the molecule is CCCCOc1ccc(C(=O)NNC(=O)CNC(=O)c2ccccc2F)cc1OC. The summed E-state index contributed by atoms with van der Waals surface area (Å²) in [6.45, 7) is 2.14. The van der Waals surface area contributed by atoms with Crippen molar-refractivity contribution < 1.29 is 28.2 Å². The minimum absolute atomic E-state index is 0.178. The van der Waals surface area contributed by atoms with Gasteiger partial charge < -0.3 is 14.8 Å². The molecule has 0 heterocycles. The molecule has 8 nitrogen and oxygen atoms in total. The molecule has 0 fully saturated rings. The molecule has 2 aromatic rings. The molecule has 3 N–H and O–H groups in total. The van der Waals surface area contributed by atoms with Crippen LogP contribution in [0.3, 0.4) is 0 Å². The second kappa shape index (κ2) is 11.4. The molecule has 3 amide bonds. The molecule has 0 bridgehead atoms. The fourth-order valence-electron chi connectivity index (χ4n) is 2.40. The summed E-state index contributed by atoms with van der Waals surface area (Å²) in [6.07, 6.45) is 1.88. The molecule has 0 atom stereocenters. The van der Waals surface area contributed by atoms with E-state index in [4.69, 9.17) is 9.47 Å². The summed E-state index contributed by atoms with van der Waals surface area (Å²) in [5, 5.41) is 2.27. The molecule has 0 saturated heterocycles. The van der Waals surface area contributed by atoms with Crippen LogP contribution in [-0.4, -0.2) is 38.0 Å². The molecule has 30 heavy (non-hydrogen) atoms. The predicted molar refractivity (Wildman–Crippen MR) is 108 cm³/mol. The Bertz CT molecular complexity index is 904. The lowest BCUT2D eigenvalue weighted by Crippen LogP contribution is -2.46. The summed E-state index contributed by atoms with van der Waals surface area (Å²) >= 11 is 0. The Morgan fingerprint density at radius 2 is 1.77 bits per heavy atom. The van der Waals surface area contributed by atoms with Crippen molar-refractivity contribution in [2.45, 2.75) is 19.8 Å². The summed E-state index contributed by atoms with van der Waals surface area (Å²) in [5.41, 5.74) is 4.48. The Labute approximate surface area is 173 Å². The number of benzene rings is 2. The normalized spacial score (nSPS) is 10.1. The van der Waals surface area contributed by atoms with E-state index in [1.807, 2.05) is 6.92 Å². The highest BCUT2D eigenvalue weighted by molar-refractivity contribution is 5.98. The van der Waals surface area contributed by atoms with E-state index >= 15 is 0 Å². The number of carbonyl (C=O) groups is 3. The molecule has 0 aromatic heterocycles. The van der Waals surface area contributed by atoms with Crippen LogP contribution in [0.15, 0.2) is 42.5 Å². The minimum Gasteiger partial charge on any atom is -0.493 e. The van der Waals surface area contributed by atoms with Gasteiger partial charge in [0.15, 0.2) is 11.5 Å². The average Bonchev–Trinajstić information content (AvgIpc) is 2.76. The van der Waals surface area contributed by atoms with E-state index in [2.05, 4.69) is 16.2 Å². The molecule has 0 radical (unpaired) electrons. The molecule has 2 aromatic carbocycles. The van der Waals surface area contributed by atoms with Gasteiger partial charge in [0.1, 0.15) is 5.82 Å². The molecule has 0 aliphatic heterocycles. The third-order valence-electron chi connectivity index (χ3n) is 4.02. The lowest BCUT2D eigenvalue weighted by molar-refractivity contribution is -0.120. The molecule has 0 unspecified atom stereocenters. The summed E-state index contributed by atoms with van der Waals surface area (Å²) in [4.78, 5) is 36.0. The van der Waals surface area contributed by atoms with E-state index in [9.17, 15) is 18.8 Å². The number of hydrogen-bond donors (Lipinski definition) is 3. The van der Waals surface area contributed by atoms with E-state index < -0.39 is 30.1 Å². The third kappa shape index (κ3) is 6.47. The van der Waals surface area contributed by atoms with Gasteiger partial charge in [-0.15, -0.1) is 0 Å². The van der Waals surface area contributed by atoms with Crippen molar-refractivity contribution in [3.8, 4) is 11.5 Å². The number of rotatable bonds is 9. The van der Waals surface area contributed by atoms with Crippen LogP contribution in [0.2, 0.25) is 0 Å². The standard InChI is InChI=1S/C21H24FN3O5/c1-3-4-11-30-17-10-9-14(12-18(17)29-2)20(27)25-24-19(26)13-23-21(28)15-7-5-6-8-16(15)22/h5-10,12H,3-4,11,13H2,1-2H3,(H,23,28)(H,24,26)(H,25,27). The first-order chi connectivity index (χ1) is 14.5. The van der Waals surface area contributed by atoms with Gasteiger partial charge in [-0.05, 0) is 36.8 Å². The number of carbonyl (C=O) groups excluding carboxylic acids is 3. The lowest BCUT2D eigenvalue weighted by Gasteiger charge is -2.12. The predicted octanol–water partition coefficient (Wildman–Crippen LogP) is 2.20. The fourth-order valence-corrected chi connectivity index (χ4v) is 2.40. The lowest BCUT2D eigenvalue weighted by atomic mass is 10.2. The molecule has 160 valence electrons. The van der Waals surface area contributed by atoms with Crippen LogP contribution in [0.25, 0.3) is 0 Å². The highest BCUT2D eigenvalue weighted by Crippen LogP contribution is 2.28. The second-order valence-electron chi connectivity index (χ2n) is 6.23. The molecule has 0 spiro atoms. The van der Waals surface area contributed by atoms with E-state index in [-0.39, 0.29) is 11.1 Å². The Morgan fingerprint density at radius 3 is 2.47 bits per heavy atom. The van der Waals surface area contributed by atoms with Crippen LogP contribution in [0.1, 0.15) is 40.5 Å². The van der Waals surface area contributed by atoms with Crippen LogP contribution in [-0.2, 0) is 4.79 Å². The van der Waals surface area contributed by atoms with Crippen LogP contribution < -0.4 is 25.6 Å². The van der Waals surface area contributed by atoms with Crippen molar-refractivity contribution in [1.29, 1.82) is 0 Å². The number of unbranched alkanes of at least 4 members (excludes halogenated alkanes) is 1. The van der Waals surface area contributed by atoms with E-state index in [0.717, 1.165) is 18.9 Å². The number of amides is 3. The van der Waals surface area contributed by atoms with Gasteiger partial charge in [-0.1, -0.05) is 25.5 Å². The Morgan fingerprint density at radius 1 is 1.00 bits per heavy atom. The van der Waals surface area contributed by atoms with Crippen molar-refractivity contribution in [3.05, 3.63) is 59.4 Å². The van der Waals surface area contributed by atoms with Gasteiger partial charge in [0.2, 0.25) is 0 Å². The third-order valence-corrected chi connectivity index (χ3v) is 4.02. The van der Waals surface area contributed by atoms with Crippen LogP contribution in [0, 0.1) is 5.82 Å². The maximum absolute atomic E-state index is 13.5. The molecule has 9 heteroatoms. The van der Waals surface area contributed by atoms with Gasteiger partial charge in [-0.2, -0.15) is 0 Å². The van der Waals surface area contributed by atoms with Gasteiger partial charge in [0.05, 0.1) is 25.8 Å². The Balaban J connectivity index is 1.85. The highest BCUT2D eigenvalue weighted by Gasteiger charge is 2.14. The number of nitrogens with one attached hydrogen (secondary N) is 3. The molecular formula is C21H24FN3O5. The number of hydrazine groups is 1. The van der Waals surface area contributed by atoms with Crippen molar-refractivity contribution >= 4 is 17.7 Å². The minimum atomic E-state index is -0.738. The molecule has 0 saturated carbocycles. The molecular weight excluding hydrogens is 393 g/mol. The van der Waals surface area contributed by atoms with Gasteiger partial charge >= 0.3 is 0 Å². The summed E-state index contributed by atoms with van der Waals surface area (Å²) < 4.78 is 24.4. The molecule has 0 aliphatic carbocycles. The number of methoxy groups -OCH3 is 1. The zero-order valence-corrected chi connectivity index (χ0v) is 16.8. The van der Waals surface area contributed by atoms with Crippen molar-refractivity contribution in [3.63, 3.8) is 0 Å². The van der Waals surface area contributed by atoms with Gasteiger partial charge in [-0.25, -0.2) is 4.39 Å². The van der Waals surface area contributed by atoms with Gasteiger partial charge in [-0.3, -0.25) is 25.2 Å². The highest BCUT2D eigenvalue weighted by atomic mass is 19.1. The monoisotopic (exact) mass is 417 g/mol. The van der Waals surface area contributed by atoms with E-state index in [1.54, 1.807) is 6.07 Å². The zero-order valence-electron chi connectivity index (χ0n) is 16.8. The topological polar surface area (TPSA) is 106 Å². The Kier molecular flexibility index (Phi) is 8.61. The number of hydrogen-bond acceptors (Lipinski definition) is 5.